The van der Waals surface area contributed by atoms with Gasteiger partial charge in [0.1, 0.15) is 0 Å². The van der Waals surface area contributed by atoms with Crippen LogP contribution >= 0.6 is 0 Å². The van der Waals surface area contributed by atoms with E-state index in [2.05, 4.69) is 85.8 Å². The maximum absolute atomic E-state index is 4.80. The van der Waals surface area contributed by atoms with E-state index >= 15 is 0 Å². The molecule has 0 atom stereocenters. The van der Waals surface area contributed by atoms with Gasteiger partial charge in [0.05, 0.1) is 5.69 Å². The van der Waals surface area contributed by atoms with E-state index in [0.717, 1.165) is 24.1 Å². The van der Waals surface area contributed by atoms with Gasteiger partial charge in [-0.15, -0.1) is 0 Å². The maximum Gasteiger partial charge on any atom is 0.223 e. The monoisotopic (exact) mass is 360 g/mol. The molecule has 0 saturated carbocycles. The molecule has 0 bridgehead atoms. The lowest BCUT2D eigenvalue weighted by molar-refractivity contribution is 0.170. The molecule has 4 rings (SSSR count). The number of nitrogens with one attached hydrogen (secondary N) is 2. The number of piperidine rings is 1. The first-order chi connectivity index (χ1) is 12.8. The number of aromatic nitrogens is 2. The van der Waals surface area contributed by atoms with Gasteiger partial charge in [-0.05, 0) is 63.4 Å². The molecule has 0 spiro atoms. The smallest absolute Gasteiger partial charge is 0.223 e. The Morgan fingerprint density at radius 2 is 1.63 bits per heavy atom. The Balaban J connectivity index is 1.58. The molecule has 0 amide bonds. The van der Waals surface area contributed by atoms with E-state index in [1.807, 2.05) is 12.3 Å². The van der Waals surface area contributed by atoms with Gasteiger partial charge in [0, 0.05) is 28.9 Å². The van der Waals surface area contributed by atoms with Crippen molar-refractivity contribution in [3.05, 3.63) is 54.7 Å². The second-order valence-electron chi connectivity index (χ2n) is 8.97. The number of rotatable bonds is 3. The molecule has 1 aliphatic heterocycles. The molecule has 140 valence electrons. The van der Waals surface area contributed by atoms with Crippen LogP contribution in [-0.4, -0.2) is 27.1 Å². The zero-order chi connectivity index (χ0) is 19.1. The van der Waals surface area contributed by atoms with Crippen molar-refractivity contribution in [2.45, 2.75) is 57.7 Å². The van der Waals surface area contributed by atoms with Gasteiger partial charge in [0.15, 0.2) is 0 Å². The standard InChI is InChI=1S/C23H28N4/c1-22(2)14-19(15-23(3,4)27-22)25-21-24-12-11-20(26-21)18-10-9-16-7-5-6-8-17(16)13-18/h5-13,19,27H,14-15H2,1-4H3,(H,24,25,26). The molecule has 0 unspecified atom stereocenters. The van der Waals surface area contributed by atoms with E-state index in [9.17, 15) is 0 Å². The largest absolute Gasteiger partial charge is 0.351 e. The Morgan fingerprint density at radius 1 is 0.926 bits per heavy atom. The van der Waals surface area contributed by atoms with Crippen molar-refractivity contribution in [3.8, 4) is 11.3 Å². The van der Waals surface area contributed by atoms with Gasteiger partial charge in [-0.3, -0.25) is 0 Å². The molecule has 27 heavy (non-hydrogen) atoms. The summed E-state index contributed by atoms with van der Waals surface area (Å²) in [5.74, 6) is 0.708. The summed E-state index contributed by atoms with van der Waals surface area (Å²) in [5, 5.41) is 9.77. The zero-order valence-corrected chi connectivity index (χ0v) is 16.6. The molecule has 2 aromatic carbocycles. The third-order valence-electron chi connectivity index (χ3n) is 5.22. The molecule has 0 radical (unpaired) electrons. The fourth-order valence-corrected chi connectivity index (χ4v) is 4.54. The SMILES string of the molecule is CC1(C)CC(Nc2nccc(-c3ccc4ccccc4c3)n2)CC(C)(C)N1. The van der Waals surface area contributed by atoms with Crippen LogP contribution in [0.1, 0.15) is 40.5 Å². The van der Waals surface area contributed by atoms with Crippen LogP contribution in [0, 0.1) is 0 Å². The molecule has 0 aliphatic carbocycles. The minimum Gasteiger partial charge on any atom is -0.351 e. The number of anilines is 1. The van der Waals surface area contributed by atoms with Crippen molar-refractivity contribution >= 4 is 16.7 Å². The lowest BCUT2D eigenvalue weighted by atomic mass is 9.80. The summed E-state index contributed by atoms with van der Waals surface area (Å²) in [6.45, 7) is 9.04. The number of benzene rings is 2. The van der Waals surface area contributed by atoms with Gasteiger partial charge < -0.3 is 10.6 Å². The highest BCUT2D eigenvalue weighted by atomic mass is 15.1. The zero-order valence-electron chi connectivity index (χ0n) is 16.6. The molecular weight excluding hydrogens is 332 g/mol. The van der Waals surface area contributed by atoms with Gasteiger partial charge >= 0.3 is 0 Å². The summed E-state index contributed by atoms with van der Waals surface area (Å²) < 4.78 is 0. The van der Waals surface area contributed by atoms with Crippen molar-refractivity contribution in [2.75, 3.05) is 5.32 Å². The first kappa shape index (κ1) is 17.9. The predicted molar refractivity (Wildman–Crippen MR) is 113 cm³/mol. The minimum atomic E-state index is 0.0926. The quantitative estimate of drug-likeness (QED) is 0.689. The molecule has 3 aromatic rings. The van der Waals surface area contributed by atoms with Crippen molar-refractivity contribution in [1.82, 2.24) is 15.3 Å². The Morgan fingerprint density at radius 3 is 2.37 bits per heavy atom. The van der Waals surface area contributed by atoms with Crippen LogP contribution in [-0.2, 0) is 0 Å². The van der Waals surface area contributed by atoms with Crippen molar-refractivity contribution in [3.63, 3.8) is 0 Å². The summed E-state index contributed by atoms with van der Waals surface area (Å²) in [4.78, 5) is 9.27. The number of nitrogens with zero attached hydrogens (tertiary/aromatic N) is 2. The van der Waals surface area contributed by atoms with E-state index in [-0.39, 0.29) is 11.1 Å². The summed E-state index contributed by atoms with van der Waals surface area (Å²) in [5.41, 5.74) is 2.25. The number of hydrogen-bond donors (Lipinski definition) is 2. The molecule has 2 heterocycles. The van der Waals surface area contributed by atoms with Gasteiger partial charge in [-0.2, -0.15) is 0 Å². The van der Waals surface area contributed by atoms with Gasteiger partial charge in [-0.1, -0.05) is 36.4 Å². The lowest BCUT2D eigenvalue weighted by Crippen LogP contribution is -2.60. The van der Waals surface area contributed by atoms with E-state index in [0.29, 0.717) is 12.0 Å². The van der Waals surface area contributed by atoms with Crippen LogP contribution in [0.3, 0.4) is 0 Å². The topological polar surface area (TPSA) is 49.8 Å². The Hall–Kier alpha value is -2.46. The van der Waals surface area contributed by atoms with Crippen LogP contribution < -0.4 is 10.6 Å². The van der Waals surface area contributed by atoms with E-state index in [4.69, 9.17) is 4.98 Å². The molecule has 1 fully saturated rings. The molecule has 2 N–H and O–H groups in total. The fraction of sp³-hybridized carbons (Fsp3) is 0.391. The Kier molecular flexibility index (Phi) is 4.39. The predicted octanol–water partition coefficient (Wildman–Crippen LogP) is 5.02. The van der Waals surface area contributed by atoms with E-state index in [1.54, 1.807) is 0 Å². The lowest BCUT2D eigenvalue weighted by Gasteiger charge is -2.46. The van der Waals surface area contributed by atoms with Gasteiger partial charge in [0.25, 0.3) is 0 Å². The van der Waals surface area contributed by atoms with Crippen LogP contribution in [0.5, 0.6) is 0 Å². The highest BCUT2D eigenvalue weighted by Gasteiger charge is 2.37. The highest BCUT2D eigenvalue weighted by molar-refractivity contribution is 5.86. The Bertz CT molecular complexity index is 945. The molecule has 1 aliphatic rings. The minimum absolute atomic E-state index is 0.0926. The van der Waals surface area contributed by atoms with Crippen molar-refractivity contribution in [2.24, 2.45) is 0 Å². The van der Waals surface area contributed by atoms with Crippen LogP contribution in [0.2, 0.25) is 0 Å². The van der Waals surface area contributed by atoms with Gasteiger partial charge in [0.2, 0.25) is 5.95 Å². The average Bonchev–Trinajstić information content (AvgIpc) is 2.59. The molecule has 4 heteroatoms. The second-order valence-corrected chi connectivity index (χ2v) is 8.97. The second kappa shape index (κ2) is 6.61. The third-order valence-corrected chi connectivity index (χ3v) is 5.22. The molecule has 1 saturated heterocycles. The summed E-state index contributed by atoms with van der Waals surface area (Å²) in [6.07, 6.45) is 3.93. The Labute approximate surface area is 161 Å². The van der Waals surface area contributed by atoms with Crippen molar-refractivity contribution < 1.29 is 0 Å². The first-order valence-electron chi connectivity index (χ1n) is 9.68. The molecule has 1 aromatic heterocycles. The number of fused-ring (bicyclic) bond motifs is 1. The molecule has 4 nitrogen and oxygen atoms in total. The van der Waals surface area contributed by atoms with Crippen LogP contribution in [0.4, 0.5) is 5.95 Å². The highest BCUT2D eigenvalue weighted by Crippen LogP contribution is 2.30. The van der Waals surface area contributed by atoms with Gasteiger partial charge in [-0.25, -0.2) is 9.97 Å². The summed E-state index contributed by atoms with van der Waals surface area (Å²) in [7, 11) is 0. The first-order valence-corrected chi connectivity index (χ1v) is 9.68. The van der Waals surface area contributed by atoms with Crippen molar-refractivity contribution in [1.29, 1.82) is 0 Å². The summed E-state index contributed by atoms with van der Waals surface area (Å²) >= 11 is 0. The van der Waals surface area contributed by atoms with E-state index in [1.165, 1.54) is 10.8 Å². The third kappa shape index (κ3) is 4.11. The molecular formula is C23H28N4. The maximum atomic E-state index is 4.80. The normalized spacial score (nSPS) is 19.1. The summed E-state index contributed by atoms with van der Waals surface area (Å²) in [6, 6.07) is 17.2. The van der Waals surface area contributed by atoms with Crippen LogP contribution in [0.15, 0.2) is 54.7 Å². The fourth-order valence-electron chi connectivity index (χ4n) is 4.54. The number of hydrogen-bond acceptors (Lipinski definition) is 4. The van der Waals surface area contributed by atoms with Crippen LogP contribution in [0.25, 0.3) is 22.0 Å². The average molecular weight is 361 g/mol. The van der Waals surface area contributed by atoms with E-state index < -0.39 is 0 Å².